The first-order chi connectivity index (χ1) is 11.4. The smallest absolute Gasteiger partial charge is 0.226 e. The summed E-state index contributed by atoms with van der Waals surface area (Å²) < 4.78 is 5.06. The lowest BCUT2D eigenvalue weighted by atomic mass is 10.1. The summed E-state index contributed by atoms with van der Waals surface area (Å²) in [6.07, 6.45) is 3.10. The van der Waals surface area contributed by atoms with Gasteiger partial charge >= 0.3 is 0 Å². The predicted octanol–water partition coefficient (Wildman–Crippen LogP) is 0.579. The van der Waals surface area contributed by atoms with Crippen LogP contribution in [0.5, 0.6) is 0 Å². The maximum Gasteiger partial charge on any atom is 0.226 e. The zero-order chi connectivity index (χ0) is 17.7. The minimum atomic E-state index is -0.0192. The monoisotopic (exact) mass is 337 g/mol. The van der Waals surface area contributed by atoms with Gasteiger partial charge in [-0.1, -0.05) is 12.1 Å². The summed E-state index contributed by atoms with van der Waals surface area (Å²) >= 11 is 0. The number of carbonyl (C=O) groups excluding carboxylic acids is 2. The molecule has 0 bridgehead atoms. The van der Waals surface area contributed by atoms with Gasteiger partial charge in [-0.05, 0) is 19.9 Å². The number of amides is 2. The molecule has 1 fully saturated rings. The highest BCUT2D eigenvalue weighted by Gasteiger charge is 2.32. The quantitative estimate of drug-likeness (QED) is 0.782. The number of aromatic nitrogens is 2. The third kappa shape index (κ3) is 4.77. The van der Waals surface area contributed by atoms with Crippen LogP contribution in [0.15, 0.2) is 4.52 Å². The van der Waals surface area contributed by atoms with E-state index in [0.29, 0.717) is 43.7 Å². The number of hydrogen-bond acceptors (Lipinski definition) is 6. The number of nitrogens with zero attached hydrogens (tertiary/aromatic N) is 4. The lowest BCUT2D eigenvalue weighted by molar-refractivity contribution is -0.131. The molecule has 0 aromatic carbocycles. The fraction of sp³-hybridized carbons (Fsp3) is 0.750. The van der Waals surface area contributed by atoms with Gasteiger partial charge in [0.2, 0.25) is 17.7 Å². The molecule has 1 aromatic heterocycles. The Morgan fingerprint density at radius 3 is 2.71 bits per heavy atom. The highest BCUT2D eigenvalue weighted by molar-refractivity contribution is 5.76. The summed E-state index contributed by atoms with van der Waals surface area (Å²) in [7, 11) is 3.78. The number of carbonyl (C=O) groups is 2. The van der Waals surface area contributed by atoms with E-state index in [1.807, 2.05) is 14.0 Å². The first-order valence-corrected chi connectivity index (χ1v) is 8.42. The second-order valence-corrected chi connectivity index (χ2v) is 6.40. The molecule has 8 nitrogen and oxygen atoms in total. The molecule has 2 heterocycles. The van der Waals surface area contributed by atoms with Crippen LogP contribution in [0.1, 0.15) is 44.8 Å². The van der Waals surface area contributed by atoms with Crippen molar-refractivity contribution in [2.45, 2.75) is 58.2 Å². The predicted molar refractivity (Wildman–Crippen MR) is 88.0 cm³/mol. The first-order valence-electron chi connectivity index (χ1n) is 8.42. The minimum absolute atomic E-state index is 0.0192. The number of rotatable bonds is 7. The Morgan fingerprint density at radius 1 is 1.38 bits per heavy atom. The molecule has 134 valence electrons. The van der Waals surface area contributed by atoms with E-state index in [-0.39, 0.29) is 17.9 Å². The van der Waals surface area contributed by atoms with Gasteiger partial charge in [-0.25, -0.2) is 0 Å². The summed E-state index contributed by atoms with van der Waals surface area (Å²) in [5.74, 6) is 1.16. The standard InChI is InChI=1S/C16H27N5O3/c1-5-15-18-14(19-24-15)10-20(3)16(23)8-12-6-7-13(21(12)4)9-17-11(2)22/h12-13H,5-10H2,1-4H3,(H,17,22)/t12-,13+/m0/s1. The molecule has 0 aliphatic carbocycles. The zero-order valence-electron chi connectivity index (χ0n) is 14.9. The summed E-state index contributed by atoms with van der Waals surface area (Å²) in [5, 5.41) is 6.73. The SMILES string of the molecule is CCc1nc(CN(C)C(=O)C[C@@H]2CC[C@H](CNC(C)=O)N2C)no1. The van der Waals surface area contributed by atoms with Crippen molar-refractivity contribution in [1.82, 2.24) is 25.3 Å². The maximum absolute atomic E-state index is 12.4. The van der Waals surface area contributed by atoms with Crippen molar-refractivity contribution in [3.8, 4) is 0 Å². The van der Waals surface area contributed by atoms with Crippen LogP contribution in [-0.2, 0) is 22.6 Å². The van der Waals surface area contributed by atoms with E-state index in [0.717, 1.165) is 12.8 Å². The highest BCUT2D eigenvalue weighted by atomic mass is 16.5. The van der Waals surface area contributed by atoms with Crippen LogP contribution in [0.3, 0.4) is 0 Å². The van der Waals surface area contributed by atoms with Gasteiger partial charge in [-0.2, -0.15) is 4.98 Å². The van der Waals surface area contributed by atoms with Crippen LogP contribution in [-0.4, -0.2) is 64.5 Å². The van der Waals surface area contributed by atoms with Gasteiger partial charge in [0.25, 0.3) is 0 Å². The van der Waals surface area contributed by atoms with Crippen molar-refractivity contribution in [3.63, 3.8) is 0 Å². The molecule has 0 saturated carbocycles. The van der Waals surface area contributed by atoms with Crippen molar-refractivity contribution in [3.05, 3.63) is 11.7 Å². The van der Waals surface area contributed by atoms with Gasteiger partial charge in [0.1, 0.15) is 0 Å². The fourth-order valence-corrected chi connectivity index (χ4v) is 3.00. The Hall–Kier alpha value is -1.96. The lowest BCUT2D eigenvalue weighted by Gasteiger charge is -2.26. The molecule has 8 heteroatoms. The molecule has 1 aromatic rings. The van der Waals surface area contributed by atoms with E-state index in [2.05, 4.69) is 20.4 Å². The van der Waals surface area contributed by atoms with Crippen molar-refractivity contribution < 1.29 is 14.1 Å². The van der Waals surface area contributed by atoms with Gasteiger partial charge in [0.05, 0.1) is 6.54 Å². The molecule has 2 amide bonds. The molecule has 1 aliphatic rings. The lowest BCUT2D eigenvalue weighted by Crippen LogP contribution is -2.42. The second kappa shape index (κ2) is 8.23. The van der Waals surface area contributed by atoms with Gasteiger partial charge in [0, 0.05) is 45.4 Å². The maximum atomic E-state index is 12.4. The van der Waals surface area contributed by atoms with E-state index in [4.69, 9.17) is 4.52 Å². The van der Waals surface area contributed by atoms with Crippen molar-refractivity contribution in [2.75, 3.05) is 20.6 Å². The Kier molecular flexibility index (Phi) is 6.30. The number of likely N-dealkylation sites (N-methyl/N-ethyl adjacent to an activating group) is 1. The summed E-state index contributed by atoms with van der Waals surface area (Å²) in [6, 6.07) is 0.497. The molecular weight excluding hydrogens is 310 g/mol. The Balaban J connectivity index is 1.81. The van der Waals surface area contributed by atoms with E-state index in [1.165, 1.54) is 6.92 Å². The summed E-state index contributed by atoms with van der Waals surface area (Å²) in [4.78, 5) is 31.6. The highest BCUT2D eigenvalue weighted by Crippen LogP contribution is 2.24. The first kappa shape index (κ1) is 18.4. The van der Waals surface area contributed by atoms with Gasteiger partial charge in [0.15, 0.2) is 5.82 Å². The van der Waals surface area contributed by atoms with E-state index in [1.54, 1.807) is 11.9 Å². The number of nitrogens with one attached hydrogen (secondary N) is 1. The molecule has 2 rings (SSSR count). The molecule has 0 spiro atoms. The van der Waals surface area contributed by atoms with Crippen LogP contribution >= 0.6 is 0 Å². The molecule has 24 heavy (non-hydrogen) atoms. The Bertz CT molecular complexity index is 574. The average molecular weight is 337 g/mol. The van der Waals surface area contributed by atoms with Crippen molar-refractivity contribution in [2.24, 2.45) is 0 Å². The fourth-order valence-electron chi connectivity index (χ4n) is 3.00. The molecule has 1 aliphatic heterocycles. The largest absolute Gasteiger partial charge is 0.355 e. The second-order valence-electron chi connectivity index (χ2n) is 6.40. The Labute approximate surface area is 142 Å². The molecule has 2 atom stereocenters. The van der Waals surface area contributed by atoms with Gasteiger partial charge < -0.3 is 14.7 Å². The topological polar surface area (TPSA) is 91.6 Å². The average Bonchev–Trinajstić information content (AvgIpc) is 3.13. The van der Waals surface area contributed by atoms with Crippen molar-refractivity contribution in [1.29, 1.82) is 0 Å². The van der Waals surface area contributed by atoms with E-state index < -0.39 is 0 Å². The number of aryl methyl sites for hydroxylation is 1. The molecular formula is C16H27N5O3. The van der Waals surface area contributed by atoms with E-state index >= 15 is 0 Å². The van der Waals surface area contributed by atoms with Crippen molar-refractivity contribution >= 4 is 11.8 Å². The number of likely N-dealkylation sites (tertiary alicyclic amines) is 1. The van der Waals surface area contributed by atoms with Crippen LogP contribution in [0.4, 0.5) is 0 Å². The third-order valence-electron chi connectivity index (χ3n) is 4.60. The summed E-state index contributed by atoms with van der Waals surface area (Å²) in [6.45, 7) is 4.45. The third-order valence-corrected chi connectivity index (χ3v) is 4.60. The van der Waals surface area contributed by atoms with Gasteiger partial charge in [-0.15, -0.1) is 0 Å². The zero-order valence-corrected chi connectivity index (χ0v) is 14.9. The van der Waals surface area contributed by atoms with Crippen LogP contribution < -0.4 is 5.32 Å². The Morgan fingerprint density at radius 2 is 2.08 bits per heavy atom. The van der Waals surface area contributed by atoms with Crippen LogP contribution in [0.25, 0.3) is 0 Å². The number of hydrogen-bond donors (Lipinski definition) is 1. The van der Waals surface area contributed by atoms with Crippen LogP contribution in [0.2, 0.25) is 0 Å². The molecule has 1 N–H and O–H groups in total. The van der Waals surface area contributed by atoms with E-state index in [9.17, 15) is 9.59 Å². The minimum Gasteiger partial charge on any atom is -0.355 e. The molecule has 0 unspecified atom stereocenters. The molecule has 0 radical (unpaired) electrons. The van der Waals surface area contributed by atoms with Crippen LogP contribution in [0, 0.1) is 0 Å². The summed E-state index contributed by atoms with van der Waals surface area (Å²) in [5.41, 5.74) is 0. The van der Waals surface area contributed by atoms with Gasteiger partial charge in [-0.3, -0.25) is 14.5 Å². The normalized spacial score (nSPS) is 21.0. The molecule has 1 saturated heterocycles.